The van der Waals surface area contributed by atoms with Crippen LogP contribution in [0, 0.1) is 56.7 Å². The molecule has 27 heavy (non-hydrogen) atoms. The van der Waals surface area contributed by atoms with E-state index in [1.807, 2.05) is 30.3 Å². The van der Waals surface area contributed by atoms with Gasteiger partial charge in [0, 0.05) is 29.4 Å². The molecule has 3 unspecified atom stereocenters. The number of halogens is 1. The van der Waals surface area contributed by atoms with Gasteiger partial charge in [0.15, 0.2) is 5.41 Å². The quantitative estimate of drug-likeness (QED) is 0.745. The van der Waals surface area contributed by atoms with Crippen molar-refractivity contribution in [3.05, 3.63) is 46.0 Å². The van der Waals surface area contributed by atoms with Gasteiger partial charge in [-0.1, -0.05) is 41.1 Å². The SMILES string of the molecule is CCCN1CC=C2C(C#N)C(=N)C(C#N)(C#N)C(c3cccc(Br)c3)C2C1. The molecule has 1 fully saturated rings. The Balaban J connectivity index is 2.22. The number of nitrogens with one attached hydrogen (secondary N) is 1. The number of fused-ring (bicyclic) bond motifs is 1. The van der Waals surface area contributed by atoms with Gasteiger partial charge in [0.25, 0.3) is 0 Å². The van der Waals surface area contributed by atoms with Crippen molar-refractivity contribution in [1.29, 1.82) is 21.2 Å². The lowest BCUT2D eigenvalue weighted by atomic mass is 9.54. The van der Waals surface area contributed by atoms with Crippen molar-refractivity contribution in [1.82, 2.24) is 4.90 Å². The molecule has 0 spiro atoms. The highest BCUT2D eigenvalue weighted by atomic mass is 79.9. The molecule has 0 radical (unpaired) electrons. The summed E-state index contributed by atoms with van der Waals surface area (Å²) in [5.41, 5.74) is 0.00791. The maximum absolute atomic E-state index is 10.0. The second kappa shape index (κ2) is 7.65. The number of hydrogen-bond donors (Lipinski definition) is 1. The molecule has 1 N–H and O–H groups in total. The molecule has 1 aromatic carbocycles. The van der Waals surface area contributed by atoms with E-state index in [9.17, 15) is 15.8 Å². The number of nitriles is 3. The average molecular weight is 422 g/mol. The molecule has 136 valence electrons. The standard InChI is InChI=1S/C21H20BrN5/c1-2-7-27-8-6-16-17(10-23)20(26)21(12-24,13-25)19(18(16)11-27)14-4-3-5-15(22)9-14/h3-6,9,17-19,26H,2,7-8,11H2,1H3. The van der Waals surface area contributed by atoms with E-state index in [0.717, 1.165) is 35.1 Å². The third kappa shape index (κ3) is 3.08. The van der Waals surface area contributed by atoms with Crippen LogP contribution < -0.4 is 0 Å². The minimum absolute atomic E-state index is 0.0913. The van der Waals surface area contributed by atoms with Crippen LogP contribution in [-0.2, 0) is 0 Å². The highest BCUT2D eigenvalue weighted by molar-refractivity contribution is 9.10. The molecule has 6 heteroatoms. The lowest BCUT2D eigenvalue weighted by Gasteiger charge is -2.47. The van der Waals surface area contributed by atoms with Crippen LogP contribution in [0.3, 0.4) is 0 Å². The molecule has 3 rings (SSSR count). The van der Waals surface area contributed by atoms with Crippen LogP contribution in [-0.4, -0.2) is 30.2 Å². The summed E-state index contributed by atoms with van der Waals surface area (Å²) >= 11 is 3.48. The molecule has 1 heterocycles. The summed E-state index contributed by atoms with van der Waals surface area (Å²) in [4.78, 5) is 2.29. The first-order chi connectivity index (χ1) is 13.0. The zero-order chi connectivity index (χ0) is 19.6. The van der Waals surface area contributed by atoms with Gasteiger partial charge in [0.2, 0.25) is 0 Å². The van der Waals surface area contributed by atoms with Gasteiger partial charge in [-0.2, -0.15) is 15.8 Å². The van der Waals surface area contributed by atoms with E-state index >= 15 is 0 Å². The minimum Gasteiger partial charge on any atom is -0.305 e. The minimum atomic E-state index is -1.64. The van der Waals surface area contributed by atoms with E-state index in [1.54, 1.807) is 0 Å². The molecule has 1 saturated carbocycles. The Kier molecular flexibility index (Phi) is 5.47. The summed E-state index contributed by atoms with van der Waals surface area (Å²) < 4.78 is 0.866. The second-order valence-corrected chi connectivity index (χ2v) is 8.03. The van der Waals surface area contributed by atoms with E-state index in [2.05, 4.69) is 46.0 Å². The Morgan fingerprint density at radius 3 is 2.63 bits per heavy atom. The van der Waals surface area contributed by atoms with Gasteiger partial charge in [-0.25, -0.2) is 0 Å². The van der Waals surface area contributed by atoms with E-state index in [-0.39, 0.29) is 11.6 Å². The molecule has 3 atom stereocenters. The molecule has 0 aromatic heterocycles. The lowest BCUT2D eigenvalue weighted by Crippen LogP contribution is -2.52. The lowest BCUT2D eigenvalue weighted by molar-refractivity contribution is 0.204. The van der Waals surface area contributed by atoms with Crippen LogP contribution in [0.5, 0.6) is 0 Å². The Bertz CT molecular complexity index is 900. The fraction of sp³-hybridized carbons (Fsp3) is 0.429. The first-order valence-corrected chi connectivity index (χ1v) is 9.80. The average Bonchev–Trinajstić information content (AvgIpc) is 2.67. The van der Waals surface area contributed by atoms with Gasteiger partial charge in [-0.15, -0.1) is 0 Å². The zero-order valence-electron chi connectivity index (χ0n) is 15.1. The fourth-order valence-corrected chi connectivity index (χ4v) is 4.86. The van der Waals surface area contributed by atoms with Crippen molar-refractivity contribution in [2.75, 3.05) is 19.6 Å². The second-order valence-electron chi connectivity index (χ2n) is 7.11. The van der Waals surface area contributed by atoms with E-state index in [0.29, 0.717) is 6.54 Å². The van der Waals surface area contributed by atoms with Gasteiger partial charge in [-0.05, 0) is 36.2 Å². The predicted molar refractivity (Wildman–Crippen MR) is 106 cm³/mol. The molecule has 1 aliphatic carbocycles. The molecule has 0 amide bonds. The van der Waals surface area contributed by atoms with Crippen molar-refractivity contribution < 1.29 is 0 Å². The normalized spacial score (nSPS) is 26.9. The van der Waals surface area contributed by atoms with Crippen molar-refractivity contribution >= 4 is 21.6 Å². The monoisotopic (exact) mass is 421 g/mol. The fourth-order valence-electron chi connectivity index (χ4n) is 4.44. The van der Waals surface area contributed by atoms with Crippen LogP contribution in [0.15, 0.2) is 40.4 Å². The summed E-state index contributed by atoms with van der Waals surface area (Å²) in [6.45, 7) is 4.47. The van der Waals surface area contributed by atoms with Crippen molar-refractivity contribution in [3.8, 4) is 18.2 Å². The van der Waals surface area contributed by atoms with Crippen molar-refractivity contribution in [2.24, 2.45) is 17.3 Å². The van der Waals surface area contributed by atoms with Crippen LogP contribution in [0.2, 0.25) is 0 Å². The highest BCUT2D eigenvalue weighted by Crippen LogP contribution is 2.53. The first-order valence-electron chi connectivity index (χ1n) is 9.01. The summed E-state index contributed by atoms with van der Waals surface area (Å²) in [6.07, 6.45) is 3.05. The topological polar surface area (TPSA) is 98.5 Å². The third-order valence-corrected chi connectivity index (χ3v) is 6.11. The molecular formula is C21H20BrN5. The Hall–Kier alpha value is -2.46. The van der Waals surface area contributed by atoms with Gasteiger partial charge in [0.1, 0.15) is 5.92 Å². The van der Waals surface area contributed by atoms with Crippen LogP contribution in [0.1, 0.15) is 24.8 Å². The number of benzene rings is 1. The number of nitrogens with zero attached hydrogens (tertiary/aromatic N) is 4. The first kappa shape index (κ1) is 19.3. The summed E-state index contributed by atoms with van der Waals surface area (Å²) in [7, 11) is 0. The summed E-state index contributed by atoms with van der Waals surface area (Å²) in [6, 6.07) is 14.1. The van der Waals surface area contributed by atoms with Gasteiger partial charge >= 0.3 is 0 Å². The Morgan fingerprint density at radius 1 is 1.30 bits per heavy atom. The molecule has 0 bridgehead atoms. The van der Waals surface area contributed by atoms with Gasteiger partial charge in [0.05, 0.1) is 23.9 Å². The van der Waals surface area contributed by atoms with Crippen molar-refractivity contribution in [3.63, 3.8) is 0 Å². The maximum atomic E-state index is 10.0. The third-order valence-electron chi connectivity index (χ3n) is 5.61. The molecule has 2 aliphatic rings. The van der Waals surface area contributed by atoms with Crippen LogP contribution >= 0.6 is 15.9 Å². The van der Waals surface area contributed by atoms with Crippen LogP contribution in [0.25, 0.3) is 0 Å². The summed E-state index contributed by atoms with van der Waals surface area (Å²) in [5.74, 6) is -1.42. The van der Waals surface area contributed by atoms with E-state index < -0.39 is 17.3 Å². The molecule has 5 nitrogen and oxygen atoms in total. The van der Waals surface area contributed by atoms with Gasteiger partial charge < -0.3 is 5.41 Å². The molecular weight excluding hydrogens is 402 g/mol. The Labute approximate surface area is 168 Å². The number of hydrogen-bond acceptors (Lipinski definition) is 5. The van der Waals surface area contributed by atoms with Crippen LogP contribution in [0.4, 0.5) is 0 Å². The Morgan fingerprint density at radius 2 is 2.04 bits per heavy atom. The largest absolute Gasteiger partial charge is 0.305 e. The number of rotatable bonds is 3. The maximum Gasteiger partial charge on any atom is 0.189 e. The zero-order valence-corrected chi connectivity index (χ0v) is 16.7. The van der Waals surface area contributed by atoms with Crippen molar-refractivity contribution in [2.45, 2.75) is 19.3 Å². The highest BCUT2D eigenvalue weighted by Gasteiger charge is 2.57. The predicted octanol–water partition coefficient (Wildman–Crippen LogP) is 4.01. The van der Waals surface area contributed by atoms with E-state index in [4.69, 9.17) is 5.41 Å². The summed E-state index contributed by atoms with van der Waals surface area (Å²) in [5, 5.41) is 38.4. The van der Waals surface area contributed by atoms with E-state index in [1.165, 1.54) is 0 Å². The smallest absolute Gasteiger partial charge is 0.189 e. The molecule has 1 aliphatic heterocycles. The molecule has 0 saturated heterocycles. The molecule has 1 aromatic rings. The van der Waals surface area contributed by atoms with Gasteiger partial charge in [-0.3, -0.25) is 4.90 Å².